The van der Waals surface area contributed by atoms with E-state index in [0.717, 1.165) is 22.5 Å². The minimum atomic E-state index is -0.617. The first-order chi connectivity index (χ1) is 15.7. The van der Waals surface area contributed by atoms with Crippen LogP contribution in [0.2, 0.25) is 0 Å². The van der Waals surface area contributed by atoms with Crippen molar-refractivity contribution in [1.82, 2.24) is 14.3 Å². The number of allylic oxidation sites excluding steroid dienone is 1. The molecular weight excluding hydrogens is 438 g/mol. The van der Waals surface area contributed by atoms with Gasteiger partial charge in [0, 0.05) is 38.6 Å². The second kappa shape index (κ2) is 8.82. The summed E-state index contributed by atoms with van der Waals surface area (Å²) in [7, 11) is 5.78. The summed E-state index contributed by atoms with van der Waals surface area (Å²) in [5, 5.41) is 4.36. The van der Waals surface area contributed by atoms with E-state index in [1.54, 1.807) is 23.1 Å². The Bertz CT molecular complexity index is 1420. The van der Waals surface area contributed by atoms with Gasteiger partial charge < -0.3 is 9.64 Å². The quantitative estimate of drug-likeness (QED) is 0.538. The van der Waals surface area contributed by atoms with Gasteiger partial charge in [0.15, 0.2) is 4.80 Å². The van der Waals surface area contributed by atoms with Gasteiger partial charge in [-0.3, -0.25) is 14.0 Å². The molecule has 3 aromatic rings. The lowest BCUT2D eigenvalue weighted by molar-refractivity contribution is -0.139. The second-order valence-electron chi connectivity index (χ2n) is 8.13. The van der Waals surface area contributed by atoms with Crippen LogP contribution < -0.4 is 19.8 Å². The number of ether oxygens (including phenoxy) is 1. The average molecular weight is 466 g/mol. The molecule has 33 heavy (non-hydrogen) atoms. The van der Waals surface area contributed by atoms with Crippen LogP contribution in [-0.2, 0) is 16.6 Å². The van der Waals surface area contributed by atoms with Crippen LogP contribution in [0.5, 0.6) is 0 Å². The first-order valence-corrected chi connectivity index (χ1v) is 11.5. The number of thiazole rings is 1. The molecule has 1 aromatic carbocycles. The fourth-order valence-electron chi connectivity index (χ4n) is 3.96. The van der Waals surface area contributed by atoms with Gasteiger partial charge in [-0.15, -0.1) is 0 Å². The highest BCUT2D eigenvalue weighted by molar-refractivity contribution is 7.07. The number of aromatic nitrogens is 3. The van der Waals surface area contributed by atoms with Crippen molar-refractivity contribution in [3.63, 3.8) is 0 Å². The minimum Gasteiger partial charge on any atom is -0.463 e. The van der Waals surface area contributed by atoms with Crippen molar-refractivity contribution >= 4 is 29.1 Å². The molecule has 4 rings (SSSR count). The van der Waals surface area contributed by atoms with Gasteiger partial charge in [-0.05, 0) is 44.5 Å². The maximum atomic E-state index is 13.6. The molecule has 0 saturated carbocycles. The Morgan fingerprint density at radius 1 is 1.24 bits per heavy atom. The number of carbonyl (C=O) groups excluding carboxylic acids is 1. The summed E-state index contributed by atoms with van der Waals surface area (Å²) in [6, 6.07) is 7.22. The topological polar surface area (TPSA) is 81.7 Å². The zero-order valence-electron chi connectivity index (χ0n) is 19.6. The van der Waals surface area contributed by atoms with Crippen LogP contribution in [0.4, 0.5) is 5.69 Å². The summed E-state index contributed by atoms with van der Waals surface area (Å²) in [5.74, 6) is -0.460. The Morgan fingerprint density at radius 3 is 2.52 bits per heavy atom. The SMILES string of the molecule is CCOC(=O)C1=C(C)N=c2sc(=Cc3cn(C)nc3C)c(=O)n2[C@@H]1c1ccc(N(C)C)cc1. The van der Waals surface area contributed by atoms with Crippen molar-refractivity contribution in [3.05, 3.63) is 78.2 Å². The molecule has 0 radical (unpaired) electrons. The summed E-state index contributed by atoms with van der Waals surface area (Å²) in [6.07, 6.45) is 3.71. The van der Waals surface area contributed by atoms with Gasteiger partial charge in [-0.1, -0.05) is 23.5 Å². The zero-order valence-corrected chi connectivity index (χ0v) is 20.4. The molecule has 0 amide bonds. The van der Waals surface area contributed by atoms with Gasteiger partial charge in [-0.2, -0.15) is 5.10 Å². The van der Waals surface area contributed by atoms with E-state index in [1.165, 1.54) is 11.3 Å². The minimum absolute atomic E-state index is 0.196. The fourth-order valence-corrected chi connectivity index (χ4v) is 5.00. The number of hydrogen-bond donors (Lipinski definition) is 0. The van der Waals surface area contributed by atoms with E-state index >= 15 is 0 Å². The van der Waals surface area contributed by atoms with E-state index in [9.17, 15) is 9.59 Å². The van der Waals surface area contributed by atoms with Crippen LogP contribution in [0.3, 0.4) is 0 Å². The third-order valence-electron chi connectivity index (χ3n) is 5.58. The Morgan fingerprint density at radius 2 is 1.94 bits per heavy atom. The largest absolute Gasteiger partial charge is 0.463 e. The van der Waals surface area contributed by atoms with Gasteiger partial charge >= 0.3 is 5.97 Å². The molecule has 3 heterocycles. The van der Waals surface area contributed by atoms with E-state index in [1.807, 2.05) is 69.5 Å². The molecule has 0 aliphatic carbocycles. The summed E-state index contributed by atoms with van der Waals surface area (Å²) < 4.78 is 9.21. The number of esters is 1. The number of rotatable bonds is 5. The van der Waals surface area contributed by atoms with Crippen LogP contribution in [-0.4, -0.2) is 41.0 Å². The molecule has 1 aliphatic heterocycles. The average Bonchev–Trinajstić information content (AvgIpc) is 3.24. The van der Waals surface area contributed by atoms with E-state index in [4.69, 9.17) is 4.74 Å². The lowest BCUT2D eigenvalue weighted by Crippen LogP contribution is -2.40. The third-order valence-corrected chi connectivity index (χ3v) is 6.56. The van der Waals surface area contributed by atoms with Gasteiger partial charge in [0.2, 0.25) is 0 Å². The van der Waals surface area contributed by atoms with E-state index in [2.05, 4.69) is 10.1 Å². The van der Waals surface area contributed by atoms with E-state index < -0.39 is 12.0 Å². The Balaban J connectivity index is 1.95. The van der Waals surface area contributed by atoms with Crippen LogP contribution in [0, 0.1) is 6.92 Å². The molecule has 0 N–H and O–H groups in total. The molecule has 0 fully saturated rings. The fraction of sp³-hybridized carbons (Fsp3) is 0.333. The second-order valence-corrected chi connectivity index (χ2v) is 9.14. The number of aryl methyl sites for hydroxylation is 2. The third kappa shape index (κ3) is 4.16. The maximum Gasteiger partial charge on any atom is 0.338 e. The van der Waals surface area contributed by atoms with Gasteiger partial charge in [0.25, 0.3) is 5.56 Å². The van der Waals surface area contributed by atoms with Crippen molar-refractivity contribution in [3.8, 4) is 0 Å². The molecule has 0 bridgehead atoms. The van der Waals surface area contributed by atoms with Gasteiger partial charge in [0.05, 0.1) is 34.1 Å². The molecular formula is C24H27N5O3S. The highest BCUT2D eigenvalue weighted by Gasteiger charge is 2.33. The first kappa shape index (κ1) is 22.7. The molecule has 1 atom stereocenters. The van der Waals surface area contributed by atoms with Crippen molar-refractivity contribution in [2.45, 2.75) is 26.8 Å². The van der Waals surface area contributed by atoms with Gasteiger partial charge in [-0.25, -0.2) is 9.79 Å². The monoisotopic (exact) mass is 465 g/mol. The van der Waals surface area contributed by atoms with Crippen molar-refractivity contribution in [1.29, 1.82) is 0 Å². The predicted octanol–water partition coefficient (Wildman–Crippen LogP) is 1.91. The van der Waals surface area contributed by atoms with Crippen molar-refractivity contribution in [2.75, 3.05) is 25.6 Å². The number of hydrogen-bond acceptors (Lipinski definition) is 7. The lowest BCUT2D eigenvalue weighted by Gasteiger charge is -2.25. The molecule has 2 aromatic heterocycles. The maximum absolute atomic E-state index is 13.6. The lowest BCUT2D eigenvalue weighted by atomic mass is 9.95. The number of fused-ring (bicyclic) bond motifs is 1. The van der Waals surface area contributed by atoms with Crippen LogP contribution >= 0.6 is 11.3 Å². The molecule has 0 spiro atoms. The zero-order chi connectivity index (χ0) is 23.9. The summed E-state index contributed by atoms with van der Waals surface area (Å²) in [6.45, 7) is 5.70. The van der Waals surface area contributed by atoms with Crippen molar-refractivity contribution < 1.29 is 9.53 Å². The summed E-state index contributed by atoms with van der Waals surface area (Å²) in [4.78, 5) is 33.7. The normalized spacial score (nSPS) is 15.9. The number of anilines is 1. The van der Waals surface area contributed by atoms with Gasteiger partial charge in [0.1, 0.15) is 0 Å². The Hall–Kier alpha value is -3.46. The highest BCUT2D eigenvalue weighted by atomic mass is 32.1. The Kier molecular flexibility index (Phi) is 6.07. The Labute approximate surface area is 195 Å². The number of nitrogens with zero attached hydrogens (tertiary/aromatic N) is 5. The number of carbonyl (C=O) groups is 1. The molecule has 0 unspecified atom stereocenters. The summed E-state index contributed by atoms with van der Waals surface area (Å²) >= 11 is 1.31. The van der Waals surface area contributed by atoms with Crippen LogP contribution in [0.25, 0.3) is 6.08 Å². The summed E-state index contributed by atoms with van der Waals surface area (Å²) in [5.41, 5.74) is 4.29. The van der Waals surface area contributed by atoms with Crippen LogP contribution in [0.15, 0.2) is 51.5 Å². The van der Waals surface area contributed by atoms with E-state index in [0.29, 0.717) is 20.6 Å². The standard InChI is InChI=1S/C24H27N5O3S/c1-7-32-23(31)20-15(3)25-24-29(21(20)16-8-10-18(11-9-16)27(4)5)22(30)19(33-24)12-17-13-28(6)26-14(17)2/h8-13,21H,7H2,1-6H3/t21-/m1/s1. The molecule has 8 nitrogen and oxygen atoms in total. The molecule has 0 saturated heterocycles. The predicted molar refractivity (Wildman–Crippen MR) is 129 cm³/mol. The van der Waals surface area contributed by atoms with E-state index in [-0.39, 0.29) is 12.2 Å². The first-order valence-electron chi connectivity index (χ1n) is 10.7. The van der Waals surface area contributed by atoms with Crippen molar-refractivity contribution in [2.24, 2.45) is 12.0 Å². The molecule has 9 heteroatoms. The highest BCUT2D eigenvalue weighted by Crippen LogP contribution is 2.31. The smallest absolute Gasteiger partial charge is 0.338 e. The number of benzene rings is 1. The molecule has 1 aliphatic rings. The van der Waals surface area contributed by atoms with Crippen LogP contribution in [0.1, 0.15) is 36.7 Å². The molecule has 172 valence electrons.